The molecule has 0 amide bonds. The minimum atomic E-state index is -0.189. The van der Waals surface area contributed by atoms with Crippen LogP contribution in [-0.2, 0) is 0 Å². The van der Waals surface area contributed by atoms with Crippen molar-refractivity contribution < 1.29 is 9.50 Å². The van der Waals surface area contributed by atoms with E-state index in [1.54, 1.807) is 19.1 Å². The smallest absolute Gasteiger partial charge is 0.126 e. The predicted molar refractivity (Wildman–Crippen MR) is 55.9 cm³/mol. The lowest BCUT2D eigenvalue weighted by molar-refractivity contribution is 0.244. The average Bonchev–Trinajstić information content (AvgIpc) is 2.19. The second-order valence-corrected chi connectivity index (χ2v) is 3.63. The van der Waals surface area contributed by atoms with Crippen molar-refractivity contribution in [3.63, 3.8) is 0 Å². The van der Waals surface area contributed by atoms with Gasteiger partial charge in [0.15, 0.2) is 0 Å². The number of aliphatic hydroxyl groups excluding tert-OH is 1. The third-order valence-electron chi connectivity index (χ3n) is 2.12. The van der Waals surface area contributed by atoms with Crippen LogP contribution in [0.25, 0.3) is 0 Å². The topological polar surface area (TPSA) is 32.3 Å². The lowest BCUT2D eigenvalue weighted by atomic mass is 10.1. The molecule has 1 rings (SSSR count). The summed E-state index contributed by atoms with van der Waals surface area (Å²) in [5, 5.41) is 11.9. The number of aliphatic hydroxyl groups is 1. The van der Waals surface area contributed by atoms with Gasteiger partial charge < -0.3 is 10.4 Å². The van der Waals surface area contributed by atoms with Gasteiger partial charge in [-0.1, -0.05) is 6.92 Å². The number of hydrogen-bond donors (Lipinski definition) is 2. The maximum absolute atomic E-state index is 12.9. The molecule has 0 spiro atoms. The standard InChI is InChI=1S/C11H16FNO/c1-8(7-14)6-13-10-3-4-11(12)9(2)5-10/h3-5,8,13-14H,6-7H2,1-2H3. The molecular weight excluding hydrogens is 181 g/mol. The van der Waals surface area contributed by atoms with Crippen LogP contribution in [0, 0.1) is 18.7 Å². The minimum absolute atomic E-state index is 0.160. The van der Waals surface area contributed by atoms with Gasteiger partial charge >= 0.3 is 0 Å². The zero-order chi connectivity index (χ0) is 10.6. The number of halogens is 1. The zero-order valence-electron chi connectivity index (χ0n) is 8.55. The Kier molecular flexibility index (Phi) is 3.89. The normalized spacial score (nSPS) is 12.6. The number of aryl methyl sites for hydroxylation is 1. The number of anilines is 1. The van der Waals surface area contributed by atoms with Gasteiger partial charge in [0.1, 0.15) is 5.82 Å². The molecule has 78 valence electrons. The van der Waals surface area contributed by atoms with Crippen LogP contribution in [0.2, 0.25) is 0 Å². The molecule has 14 heavy (non-hydrogen) atoms. The molecule has 1 aromatic carbocycles. The first-order chi connectivity index (χ1) is 6.63. The summed E-state index contributed by atoms with van der Waals surface area (Å²) in [7, 11) is 0. The molecule has 0 aromatic heterocycles. The van der Waals surface area contributed by atoms with Crippen molar-refractivity contribution >= 4 is 5.69 Å². The van der Waals surface area contributed by atoms with Gasteiger partial charge in [0.25, 0.3) is 0 Å². The van der Waals surface area contributed by atoms with E-state index in [1.165, 1.54) is 6.07 Å². The van der Waals surface area contributed by atoms with Gasteiger partial charge in [0.2, 0.25) is 0 Å². The van der Waals surface area contributed by atoms with Crippen molar-refractivity contribution in [1.82, 2.24) is 0 Å². The summed E-state index contributed by atoms with van der Waals surface area (Å²) in [4.78, 5) is 0. The highest BCUT2D eigenvalue weighted by molar-refractivity contribution is 5.45. The Hall–Kier alpha value is -1.09. The molecule has 0 fully saturated rings. The SMILES string of the molecule is Cc1cc(NCC(C)CO)ccc1F. The Morgan fingerprint density at radius 2 is 2.21 bits per heavy atom. The third-order valence-corrected chi connectivity index (χ3v) is 2.12. The molecule has 0 aliphatic rings. The molecule has 2 N–H and O–H groups in total. The highest BCUT2D eigenvalue weighted by atomic mass is 19.1. The van der Waals surface area contributed by atoms with Crippen LogP contribution in [0.15, 0.2) is 18.2 Å². The van der Waals surface area contributed by atoms with E-state index in [9.17, 15) is 4.39 Å². The highest BCUT2D eigenvalue weighted by Crippen LogP contribution is 2.13. The van der Waals surface area contributed by atoms with Gasteiger partial charge in [0, 0.05) is 18.8 Å². The quantitative estimate of drug-likeness (QED) is 0.775. The minimum Gasteiger partial charge on any atom is -0.396 e. The van der Waals surface area contributed by atoms with Gasteiger partial charge in [-0.3, -0.25) is 0 Å². The van der Waals surface area contributed by atoms with Gasteiger partial charge in [-0.15, -0.1) is 0 Å². The van der Waals surface area contributed by atoms with Crippen molar-refractivity contribution in [2.45, 2.75) is 13.8 Å². The Morgan fingerprint density at radius 3 is 2.79 bits per heavy atom. The van der Waals surface area contributed by atoms with Crippen LogP contribution in [0.3, 0.4) is 0 Å². The number of benzene rings is 1. The molecule has 0 saturated heterocycles. The van der Waals surface area contributed by atoms with E-state index in [2.05, 4.69) is 5.32 Å². The summed E-state index contributed by atoms with van der Waals surface area (Å²) >= 11 is 0. The van der Waals surface area contributed by atoms with Crippen molar-refractivity contribution in [1.29, 1.82) is 0 Å². The van der Waals surface area contributed by atoms with Crippen LogP contribution in [0.1, 0.15) is 12.5 Å². The Balaban J connectivity index is 2.55. The number of hydrogen-bond acceptors (Lipinski definition) is 2. The maximum Gasteiger partial charge on any atom is 0.126 e. The van der Waals surface area contributed by atoms with Gasteiger partial charge in [-0.2, -0.15) is 0 Å². The molecule has 0 aliphatic heterocycles. The summed E-state index contributed by atoms with van der Waals surface area (Å²) in [6, 6.07) is 4.91. The van der Waals surface area contributed by atoms with Crippen LogP contribution >= 0.6 is 0 Å². The van der Waals surface area contributed by atoms with Gasteiger partial charge in [-0.25, -0.2) is 4.39 Å². The molecule has 0 bridgehead atoms. The molecule has 2 nitrogen and oxygen atoms in total. The first kappa shape index (κ1) is 11.0. The molecule has 0 aliphatic carbocycles. The predicted octanol–water partition coefficient (Wildman–Crippen LogP) is 2.17. The molecule has 0 heterocycles. The third kappa shape index (κ3) is 3.00. The zero-order valence-corrected chi connectivity index (χ0v) is 8.55. The van der Waals surface area contributed by atoms with E-state index in [-0.39, 0.29) is 18.3 Å². The summed E-state index contributed by atoms with van der Waals surface area (Å²) in [5.74, 6) is 0.0196. The fourth-order valence-electron chi connectivity index (χ4n) is 1.11. The van der Waals surface area contributed by atoms with E-state index in [4.69, 9.17) is 5.11 Å². The Morgan fingerprint density at radius 1 is 1.50 bits per heavy atom. The number of nitrogens with one attached hydrogen (secondary N) is 1. The monoisotopic (exact) mass is 197 g/mol. The average molecular weight is 197 g/mol. The van der Waals surface area contributed by atoms with E-state index in [0.29, 0.717) is 12.1 Å². The maximum atomic E-state index is 12.9. The van der Waals surface area contributed by atoms with Gasteiger partial charge in [-0.05, 0) is 36.6 Å². The molecule has 1 aromatic rings. The highest BCUT2D eigenvalue weighted by Gasteiger charge is 2.01. The van der Waals surface area contributed by atoms with Crippen molar-refractivity contribution in [3.8, 4) is 0 Å². The van der Waals surface area contributed by atoms with Gasteiger partial charge in [0.05, 0.1) is 0 Å². The van der Waals surface area contributed by atoms with Crippen molar-refractivity contribution in [3.05, 3.63) is 29.6 Å². The van der Waals surface area contributed by atoms with E-state index < -0.39 is 0 Å². The molecule has 1 atom stereocenters. The lowest BCUT2D eigenvalue weighted by Crippen LogP contribution is -2.14. The largest absolute Gasteiger partial charge is 0.396 e. The van der Waals surface area contributed by atoms with Crippen molar-refractivity contribution in [2.75, 3.05) is 18.5 Å². The summed E-state index contributed by atoms with van der Waals surface area (Å²) < 4.78 is 12.9. The van der Waals surface area contributed by atoms with E-state index >= 15 is 0 Å². The fourth-order valence-corrected chi connectivity index (χ4v) is 1.11. The van der Waals surface area contributed by atoms with Crippen LogP contribution in [-0.4, -0.2) is 18.3 Å². The van der Waals surface area contributed by atoms with E-state index in [1.807, 2.05) is 6.92 Å². The molecule has 3 heteroatoms. The molecule has 1 unspecified atom stereocenters. The number of rotatable bonds is 4. The molecular formula is C11H16FNO. The van der Waals surface area contributed by atoms with Crippen LogP contribution in [0.5, 0.6) is 0 Å². The first-order valence-corrected chi connectivity index (χ1v) is 4.74. The molecule has 0 saturated carbocycles. The first-order valence-electron chi connectivity index (χ1n) is 4.74. The molecule has 0 radical (unpaired) electrons. The lowest BCUT2D eigenvalue weighted by Gasteiger charge is -2.11. The second-order valence-electron chi connectivity index (χ2n) is 3.63. The summed E-state index contributed by atoms with van der Waals surface area (Å²) in [6.45, 7) is 4.54. The Labute approximate surface area is 83.8 Å². The van der Waals surface area contributed by atoms with E-state index in [0.717, 1.165) is 5.69 Å². The summed E-state index contributed by atoms with van der Waals surface area (Å²) in [6.07, 6.45) is 0. The van der Waals surface area contributed by atoms with Crippen LogP contribution < -0.4 is 5.32 Å². The second kappa shape index (κ2) is 4.96. The summed E-state index contributed by atoms with van der Waals surface area (Å²) in [5.41, 5.74) is 1.52. The Bertz CT molecular complexity index is 301. The fraction of sp³-hybridized carbons (Fsp3) is 0.455. The van der Waals surface area contributed by atoms with Crippen molar-refractivity contribution in [2.24, 2.45) is 5.92 Å². The van der Waals surface area contributed by atoms with Crippen LogP contribution in [0.4, 0.5) is 10.1 Å².